The number of methoxy groups -OCH3 is 1. The summed E-state index contributed by atoms with van der Waals surface area (Å²) in [7, 11) is 1.70. The Morgan fingerprint density at radius 3 is 2.80 bits per heavy atom. The van der Waals surface area contributed by atoms with Crippen LogP contribution < -0.4 is 0 Å². The van der Waals surface area contributed by atoms with Gasteiger partial charge in [-0.25, -0.2) is 0 Å². The largest absolute Gasteiger partial charge is 0.384 e. The number of nitrogens with one attached hydrogen (secondary N) is 1. The third-order valence-corrected chi connectivity index (χ3v) is 2.28. The summed E-state index contributed by atoms with van der Waals surface area (Å²) in [5.74, 6) is 0. The van der Waals surface area contributed by atoms with Crippen LogP contribution in [0.2, 0.25) is 0 Å². The Kier molecular flexibility index (Phi) is 3.15. The van der Waals surface area contributed by atoms with Crippen molar-refractivity contribution < 1.29 is 4.74 Å². The highest BCUT2D eigenvalue weighted by Gasteiger charge is 2.02. The van der Waals surface area contributed by atoms with Crippen LogP contribution in [0.15, 0.2) is 36.4 Å². The van der Waals surface area contributed by atoms with E-state index in [4.69, 9.17) is 4.74 Å². The van der Waals surface area contributed by atoms with Crippen molar-refractivity contribution in [3.63, 3.8) is 0 Å². The number of aromatic nitrogens is 2. The minimum Gasteiger partial charge on any atom is -0.384 e. The predicted octanol–water partition coefficient (Wildman–Crippen LogP) is 2.27. The number of rotatable bonds is 4. The van der Waals surface area contributed by atoms with Crippen LogP contribution in [-0.2, 0) is 11.2 Å². The van der Waals surface area contributed by atoms with Crippen molar-refractivity contribution in [2.45, 2.75) is 6.42 Å². The van der Waals surface area contributed by atoms with Crippen molar-refractivity contribution in [3.8, 4) is 11.3 Å². The average molecular weight is 202 g/mol. The second kappa shape index (κ2) is 4.75. The normalized spacial score (nSPS) is 10.5. The smallest absolute Gasteiger partial charge is 0.0923 e. The summed E-state index contributed by atoms with van der Waals surface area (Å²) >= 11 is 0. The first-order valence-corrected chi connectivity index (χ1v) is 4.99. The molecule has 0 spiro atoms. The van der Waals surface area contributed by atoms with Crippen molar-refractivity contribution in [2.75, 3.05) is 13.7 Å². The minimum atomic E-state index is 0.719. The van der Waals surface area contributed by atoms with Crippen molar-refractivity contribution >= 4 is 0 Å². The maximum Gasteiger partial charge on any atom is 0.0923 e. The molecule has 0 amide bonds. The zero-order valence-electron chi connectivity index (χ0n) is 8.73. The lowest BCUT2D eigenvalue weighted by molar-refractivity contribution is 0.201. The fraction of sp³-hybridized carbons (Fsp3) is 0.250. The molecule has 0 aliphatic carbocycles. The van der Waals surface area contributed by atoms with Gasteiger partial charge in [0.25, 0.3) is 0 Å². The molecule has 0 fully saturated rings. The summed E-state index contributed by atoms with van der Waals surface area (Å²) in [4.78, 5) is 0. The van der Waals surface area contributed by atoms with E-state index in [2.05, 4.69) is 28.4 Å². The highest BCUT2D eigenvalue weighted by atomic mass is 16.5. The first-order valence-electron chi connectivity index (χ1n) is 4.99. The Morgan fingerprint density at radius 1 is 1.27 bits per heavy atom. The highest BCUT2D eigenvalue weighted by Crippen LogP contribution is 2.16. The molecule has 0 aliphatic heterocycles. The van der Waals surface area contributed by atoms with E-state index in [9.17, 15) is 0 Å². The molecular weight excluding hydrogens is 188 g/mol. The molecule has 1 heterocycles. The van der Waals surface area contributed by atoms with Gasteiger partial charge in [-0.15, -0.1) is 0 Å². The van der Waals surface area contributed by atoms with Crippen LogP contribution >= 0.6 is 0 Å². The third-order valence-electron chi connectivity index (χ3n) is 2.28. The maximum atomic E-state index is 5.01. The molecule has 0 atom stereocenters. The van der Waals surface area contributed by atoms with Crippen LogP contribution in [0, 0.1) is 0 Å². The van der Waals surface area contributed by atoms with Gasteiger partial charge in [0, 0.05) is 24.8 Å². The molecule has 1 aromatic carbocycles. The van der Waals surface area contributed by atoms with Crippen LogP contribution in [-0.4, -0.2) is 23.9 Å². The molecule has 15 heavy (non-hydrogen) atoms. The minimum absolute atomic E-state index is 0.719. The van der Waals surface area contributed by atoms with Crippen molar-refractivity contribution in [3.05, 3.63) is 42.1 Å². The molecule has 2 aromatic rings. The number of aromatic amines is 1. The standard InChI is InChI=1S/C12H14N2O/c1-15-8-7-11-9-12(14-13-11)10-5-3-2-4-6-10/h2-6,9H,7-8H2,1H3,(H,13,14). The second-order valence-electron chi connectivity index (χ2n) is 3.39. The lowest BCUT2D eigenvalue weighted by Crippen LogP contribution is -1.93. The lowest BCUT2D eigenvalue weighted by Gasteiger charge is -1.94. The Hall–Kier alpha value is -1.61. The first-order chi connectivity index (χ1) is 7.40. The van der Waals surface area contributed by atoms with Crippen LogP contribution in [0.4, 0.5) is 0 Å². The second-order valence-corrected chi connectivity index (χ2v) is 3.39. The van der Waals surface area contributed by atoms with Gasteiger partial charge in [-0.1, -0.05) is 30.3 Å². The van der Waals surface area contributed by atoms with Gasteiger partial charge >= 0.3 is 0 Å². The number of H-pyrrole nitrogens is 1. The Morgan fingerprint density at radius 2 is 2.07 bits per heavy atom. The summed E-state index contributed by atoms with van der Waals surface area (Å²) in [5.41, 5.74) is 3.23. The average Bonchev–Trinajstić information content (AvgIpc) is 2.76. The first kappa shape index (κ1) is 9.93. The van der Waals surface area contributed by atoms with Gasteiger partial charge in [-0.2, -0.15) is 5.10 Å². The van der Waals surface area contributed by atoms with E-state index in [0.29, 0.717) is 0 Å². The molecule has 1 N–H and O–H groups in total. The quantitative estimate of drug-likeness (QED) is 0.825. The van der Waals surface area contributed by atoms with E-state index in [1.54, 1.807) is 7.11 Å². The highest BCUT2D eigenvalue weighted by molar-refractivity contribution is 5.58. The van der Waals surface area contributed by atoms with Gasteiger partial charge in [0.2, 0.25) is 0 Å². The van der Waals surface area contributed by atoms with Gasteiger partial charge in [-0.05, 0) is 6.07 Å². The zero-order valence-corrected chi connectivity index (χ0v) is 8.73. The molecule has 2 rings (SSSR count). The van der Waals surface area contributed by atoms with E-state index in [-0.39, 0.29) is 0 Å². The summed E-state index contributed by atoms with van der Waals surface area (Å²) < 4.78 is 5.01. The van der Waals surface area contributed by atoms with Crippen LogP contribution in [0.1, 0.15) is 5.69 Å². The molecule has 3 heteroatoms. The van der Waals surface area contributed by atoms with Crippen molar-refractivity contribution in [1.82, 2.24) is 10.2 Å². The van der Waals surface area contributed by atoms with E-state index in [0.717, 1.165) is 30.0 Å². The van der Waals surface area contributed by atoms with E-state index >= 15 is 0 Å². The number of hydrogen-bond acceptors (Lipinski definition) is 2. The zero-order chi connectivity index (χ0) is 10.5. The van der Waals surface area contributed by atoms with Crippen molar-refractivity contribution in [2.24, 2.45) is 0 Å². The number of nitrogens with zero attached hydrogens (tertiary/aromatic N) is 1. The summed E-state index contributed by atoms with van der Waals surface area (Å²) in [6.07, 6.45) is 0.871. The SMILES string of the molecule is COCCc1cc(-c2ccccc2)n[nH]1. The van der Waals surface area contributed by atoms with Crippen LogP contribution in [0.25, 0.3) is 11.3 Å². The van der Waals surface area contributed by atoms with Gasteiger partial charge in [0.05, 0.1) is 12.3 Å². The Bertz CT molecular complexity index is 409. The summed E-state index contributed by atoms with van der Waals surface area (Å²) in [6.45, 7) is 0.719. The molecule has 78 valence electrons. The van der Waals surface area contributed by atoms with E-state index in [1.165, 1.54) is 0 Å². The molecular formula is C12H14N2O. The van der Waals surface area contributed by atoms with E-state index in [1.807, 2.05) is 18.2 Å². The molecule has 0 saturated carbocycles. The predicted molar refractivity (Wildman–Crippen MR) is 59.6 cm³/mol. The van der Waals surface area contributed by atoms with Crippen LogP contribution in [0.5, 0.6) is 0 Å². The fourth-order valence-corrected chi connectivity index (χ4v) is 1.46. The van der Waals surface area contributed by atoms with E-state index < -0.39 is 0 Å². The molecule has 3 nitrogen and oxygen atoms in total. The fourth-order valence-electron chi connectivity index (χ4n) is 1.46. The van der Waals surface area contributed by atoms with Crippen molar-refractivity contribution in [1.29, 1.82) is 0 Å². The number of benzene rings is 1. The van der Waals surface area contributed by atoms with Gasteiger partial charge in [-0.3, -0.25) is 5.10 Å². The Labute approximate surface area is 89.1 Å². The maximum absolute atomic E-state index is 5.01. The summed E-state index contributed by atoms with van der Waals surface area (Å²) in [6, 6.07) is 12.2. The molecule has 0 aliphatic rings. The molecule has 0 bridgehead atoms. The van der Waals surface area contributed by atoms with Gasteiger partial charge in [0.15, 0.2) is 0 Å². The molecule has 1 aromatic heterocycles. The van der Waals surface area contributed by atoms with Gasteiger partial charge < -0.3 is 4.74 Å². The summed E-state index contributed by atoms with van der Waals surface area (Å²) in [5, 5.41) is 7.27. The monoisotopic (exact) mass is 202 g/mol. The number of hydrogen-bond donors (Lipinski definition) is 1. The van der Waals surface area contributed by atoms with Crippen LogP contribution in [0.3, 0.4) is 0 Å². The topological polar surface area (TPSA) is 37.9 Å². The molecule has 0 radical (unpaired) electrons. The number of ether oxygens (including phenoxy) is 1. The van der Waals surface area contributed by atoms with Gasteiger partial charge in [0.1, 0.15) is 0 Å². The Balaban J connectivity index is 2.14. The molecule has 0 unspecified atom stereocenters. The third kappa shape index (κ3) is 2.44. The lowest BCUT2D eigenvalue weighted by atomic mass is 10.1. The molecule has 0 saturated heterocycles.